The fourth-order valence-electron chi connectivity index (χ4n) is 3.95. The first-order valence-corrected chi connectivity index (χ1v) is 10.4. The van der Waals surface area contributed by atoms with E-state index in [0.29, 0.717) is 37.9 Å². The summed E-state index contributed by atoms with van der Waals surface area (Å²) in [6.45, 7) is 7.33. The van der Waals surface area contributed by atoms with E-state index in [4.69, 9.17) is 10.5 Å². The standard InChI is InChI=1S/C19H26N6O2S/c1-13-15(28-14(2)22-13)12-25-9-10-27-19(11-17(25)26)4-7-24(8-5-19)18-21-6-3-16(20)23-18/h3,6H,4-5,7-12H2,1-2H3,(H2,20,21,23). The van der Waals surface area contributed by atoms with Crippen LogP contribution in [0.15, 0.2) is 12.3 Å². The van der Waals surface area contributed by atoms with E-state index in [2.05, 4.69) is 19.9 Å². The molecule has 2 aromatic heterocycles. The quantitative estimate of drug-likeness (QED) is 0.837. The smallest absolute Gasteiger partial charge is 0.227 e. The summed E-state index contributed by atoms with van der Waals surface area (Å²) in [4.78, 5) is 31.3. The van der Waals surface area contributed by atoms with Crippen LogP contribution in [-0.2, 0) is 16.1 Å². The van der Waals surface area contributed by atoms with Crippen molar-refractivity contribution in [3.63, 3.8) is 0 Å². The molecule has 4 rings (SSSR count). The minimum absolute atomic E-state index is 0.164. The molecule has 0 saturated carbocycles. The normalized spacial score (nSPS) is 19.9. The number of carbonyl (C=O) groups is 1. The Bertz CT molecular complexity index is 862. The number of anilines is 2. The number of carbonyl (C=O) groups excluding carboxylic acids is 1. The van der Waals surface area contributed by atoms with Crippen molar-refractivity contribution in [3.05, 3.63) is 27.8 Å². The number of thiazole rings is 1. The predicted molar refractivity (Wildman–Crippen MR) is 108 cm³/mol. The Balaban J connectivity index is 1.40. The van der Waals surface area contributed by atoms with Gasteiger partial charge in [0, 0.05) is 30.7 Å². The van der Waals surface area contributed by atoms with Gasteiger partial charge in [-0.1, -0.05) is 0 Å². The molecule has 0 unspecified atom stereocenters. The lowest BCUT2D eigenvalue weighted by Gasteiger charge is -2.40. The van der Waals surface area contributed by atoms with Crippen LogP contribution in [0, 0.1) is 13.8 Å². The molecular weight excluding hydrogens is 376 g/mol. The Labute approximate surface area is 168 Å². The van der Waals surface area contributed by atoms with E-state index in [9.17, 15) is 4.79 Å². The van der Waals surface area contributed by atoms with Crippen molar-refractivity contribution in [1.82, 2.24) is 19.9 Å². The van der Waals surface area contributed by atoms with Crippen LogP contribution in [0.3, 0.4) is 0 Å². The third-order valence-electron chi connectivity index (χ3n) is 5.55. The van der Waals surface area contributed by atoms with Crippen LogP contribution in [-0.4, -0.2) is 57.6 Å². The molecule has 0 radical (unpaired) electrons. The summed E-state index contributed by atoms with van der Waals surface area (Å²) in [5.41, 5.74) is 6.41. The van der Waals surface area contributed by atoms with Gasteiger partial charge >= 0.3 is 0 Å². The molecule has 0 aliphatic carbocycles. The number of piperidine rings is 1. The maximum Gasteiger partial charge on any atom is 0.227 e. The van der Waals surface area contributed by atoms with Crippen LogP contribution in [0.25, 0.3) is 0 Å². The zero-order valence-electron chi connectivity index (χ0n) is 16.3. The van der Waals surface area contributed by atoms with E-state index in [-0.39, 0.29) is 11.5 Å². The number of rotatable bonds is 3. The molecule has 2 aliphatic rings. The number of hydrogen-bond donors (Lipinski definition) is 1. The molecule has 2 fully saturated rings. The molecular formula is C19H26N6O2S. The van der Waals surface area contributed by atoms with Crippen molar-refractivity contribution in [1.29, 1.82) is 0 Å². The maximum absolute atomic E-state index is 13.0. The van der Waals surface area contributed by atoms with Gasteiger partial charge < -0.3 is 20.3 Å². The number of hydrogen-bond acceptors (Lipinski definition) is 8. The highest BCUT2D eigenvalue weighted by molar-refractivity contribution is 7.11. The first-order valence-electron chi connectivity index (χ1n) is 9.62. The highest BCUT2D eigenvalue weighted by Gasteiger charge is 2.41. The van der Waals surface area contributed by atoms with Gasteiger partial charge in [-0.2, -0.15) is 4.98 Å². The summed E-state index contributed by atoms with van der Waals surface area (Å²) in [6.07, 6.45) is 3.66. The van der Waals surface area contributed by atoms with Crippen LogP contribution in [0.5, 0.6) is 0 Å². The first kappa shape index (κ1) is 19.1. The van der Waals surface area contributed by atoms with Crippen molar-refractivity contribution < 1.29 is 9.53 Å². The van der Waals surface area contributed by atoms with E-state index in [1.165, 1.54) is 0 Å². The van der Waals surface area contributed by atoms with Crippen molar-refractivity contribution in [2.75, 3.05) is 36.9 Å². The molecule has 2 aliphatic heterocycles. The number of aromatic nitrogens is 3. The number of amides is 1. The maximum atomic E-state index is 13.0. The summed E-state index contributed by atoms with van der Waals surface area (Å²) >= 11 is 1.67. The number of nitrogens with two attached hydrogens (primary N) is 1. The number of ether oxygens (including phenoxy) is 1. The Morgan fingerprint density at radius 1 is 1.25 bits per heavy atom. The van der Waals surface area contributed by atoms with Gasteiger partial charge in [-0.3, -0.25) is 4.79 Å². The van der Waals surface area contributed by atoms with Gasteiger partial charge in [0.2, 0.25) is 11.9 Å². The van der Waals surface area contributed by atoms with Crippen molar-refractivity contribution >= 4 is 29.0 Å². The average Bonchev–Trinajstić information content (AvgIpc) is 2.90. The van der Waals surface area contributed by atoms with Crippen molar-refractivity contribution in [2.45, 2.75) is 45.3 Å². The Morgan fingerprint density at radius 3 is 2.71 bits per heavy atom. The molecule has 28 heavy (non-hydrogen) atoms. The molecule has 8 nitrogen and oxygen atoms in total. The molecule has 1 spiro atoms. The molecule has 0 atom stereocenters. The van der Waals surface area contributed by atoms with Gasteiger partial charge in [-0.25, -0.2) is 9.97 Å². The summed E-state index contributed by atoms with van der Waals surface area (Å²) in [6, 6.07) is 1.68. The number of aryl methyl sites for hydroxylation is 2. The number of nitrogens with zero attached hydrogens (tertiary/aromatic N) is 5. The minimum Gasteiger partial charge on any atom is -0.384 e. The van der Waals surface area contributed by atoms with Crippen LogP contribution >= 0.6 is 11.3 Å². The zero-order chi connectivity index (χ0) is 19.7. The molecule has 4 heterocycles. The molecule has 0 aromatic carbocycles. The van der Waals surface area contributed by atoms with Crippen molar-refractivity contribution in [3.8, 4) is 0 Å². The van der Waals surface area contributed by atoms with E-state index in [1.807, 2.05) is 18.7 Å². The van der Waals surface area contributed by atoms with E-state index >= 15 is 0 Å². The van der Waals surface area contributed by atoms with Gasteiger partial charge in [0.25, 0.3) is 0 Å². The van der Waals surface area contributed by atoms with Gasteiger partial charge in [0.15, 0.2) is 0 Å². The largest absolute Gasteiger partial charge is 0.384 e. The fourth-order valence-corrected chi connectivity index (χ4v) is 4.90. The lowest BCUT2D eigenvalue weighted by molar-refractivity contribution is -0.134. The predicted octanol–water partition coefficient (Wildman–Crippen LogP) is 1.92. The second kappa shape index (κ2) is 7.63. The first-order chi connectivity index (χ1) is 13.4. The monoisotopic (exact) mass is 402 g/mol. The van der Waals surface area contributed by atoms with Gasteiger partial charge in [-0.15, -0.1) is 11.3 Å². The second-order valence-corrected chi connectivity index (χ2v) is 8.82. The van der Waals surface area contributed by atoms with Gasteiger partial charge in [-0.05, 0) is 32.8 Å². The molecule has 1 amide bonds. The minimum atomic E-state index is -0.388. The molecule has 2 aromatic rings. The molecule has 0 bridgehead atoms. The Kier molecular flexibility index (Phi) is 5.20. The number of nitrogen functional groups attached to an aromatic ring is 1. The Hall–Kier alpha value is -2.26. The highest BCUT2D eigenvalue weighted by Crippen LogP contribution is 2.34. The van der Waals surface area contributed by atoms with E-state index < -0.39 is 0 Å². The van der Waals surface area contributed by atoms with E-state index in [0.717, 1.165) is 41.5 Å². The molecule has 9 heteroatoms. The van der Waals surface area contributed by atoms with E-state index in [1.54, 1.807) is 23.6 Å². The molecule has 2 saturated heterocycles. The lowest BCUT2D eigenvalue weighted by Crippen LogP contribution is -2.47. The average molecular weight is 403 g/mol. The summed E-state index contributed by atoms with van der Waals surface area (Å²) in [5, 5.41) is 1.04. The third-order valence-corrected chi connectivity index (χ3v) is 6.61. The van der Waals surface area contributed by atoms with Gasteiger partial charge in [0.1, 0.15) is 5.82 Å². The second-order valence-electron chi connectivity index (χ2n) is 7.53. The molecule has 2 N–H and O–H groups in total. The zero-order valence-corrected chi connectivity index (χ0v) is 17.2. The van der Waals surface area contributed by atoms with Crippen LogP contribution in [0.2, 0.25) is 0 Å². The highest BCUT2D eigenvalue weighted by atomic mass is 32.1. The van der Waals surface area contributed by atoms with Crippen molar-refractivity contribution in [2.24, 2.45) is 0 Å². The summed E-state index contributed by atoms with van der Waals surface area (Å²) < 4.78 is 6.25. The summed E-state index contributed by atoms with van der Waals surface area (Å²) in [5.74, 6) is 1.28. The lowest BCUT2D eigenvalue weighted by atomic mass is 9.87. The van der Waals surface area contributed by atoms with Gasteiger partial charge in [0.05, 0.1) is 35.9 Å². The Morgan fingerprint density at radius 2 is 2.04 bits per heavy atom. The topological polar surface area (TPSA) is 97.5 Å². The van der Waals surface area contributed by atoms with Crippen LogP contribution < -0.4 is 10.6 Å². The summed E-state index contributed by atoms with van der Waals surface area (Å²) in [7, 11) is 0. The van der Waals surface area contributed by atoms with Crippen LogP contribution in [0.4, 0.5) is 11.8 Å². The molecule has 150 valence electrons. The fraction of sp³-hybridized carbons (Fsp3) is 0.579. The van der Waals surface area contributed by atoms with Crippen LogP contribution in [0.1, 0.15) is 34.8 Å². The SMILES string of the molecule is Cc1nc(C)c(CN2CCOC3(CCN(c4nccc(N)n4)CC3)CC2=O)s1. The third kappa shape index (κ3) is 3.95.